The van der Waals surface area contributed by atoms with Gasteiger partial charge in [-0.05, 0) is 37.5 Å². The maximum absolute atomic E-state index is 11.6. The van der Waals surface area contributed by atoms with Gasteiger partial charge in [0, 0.05) is 36.9 Å². The summed E-state index contributed by atoms with van der Waals surface area (Å²) in [6, 6.07) is 4.36. The number of piperidine rings is 1. The first-order valence-corrected chi connectivity index (χ1v) is 11.4. The molecule has 140 valence electrons. The molecule has 2 heterocycles. The van der Waals surface area contributed by atoms with Crippen molar-refractivity contribution in [1.82, 2.24) is 4.31 Å². The summed E-state index contributed by atoms with van der Waals surface area (Å²) < 4.78 is 56.6. The molecule has 2 aliphatic heterocycles. The van der Waals surface area contributed by atoms with Crippen molar-refractivity contribution in [1.29, 1.82) is 0 Å². The van der Waals surface area contributed by atoms with Crippen molar-refractivity contribution in [3.8, 4) is 0 Å². The Morgan fingerprint density at radius 2 is 1.68 bits per heavy atom. The van der Waals surface area contributed by atoms with E-state index in [1.807, 2.05) is 0 Å². The summed E-state index contributed by atoms with van der Waals surface area (Å²) in [5.41, 5.74) is 1.22. The molecule has 1 unspecified atom stereocenters. The van der Waals surface area contributed by atoms with E-state index in [4.69, 9.17) is 0 Å². The van der Waals surface area contributed by atoms with Gasteiger partial charge >= 0.3 is 0 Å². The Bertz CT molecular complexity index is 860. The number of fused-ring (bicyclic) bond motifs is 1. The van der Waals surface area contributed by atoms with Gasteiger partial charge in [0.25, 0.3) is 10.1 Å². The molecule has 0 aliphatic carbocycles. The van der Waals surface area contributed by atoms with E-state index in [9.17, 15) is 26.5 Å². The molecule has 8 nitrogen and oxygen atoms in total. The molecule has 2 aliphatic rings. The number of rotatable bonds is 3. The van der Waals surface area contributed by atoms with Crippen LogP contribution in [0.4, 0.5) is 5.69 Å². The predicted molar refractivity (Wildman–Crippen MR) is 92.6 cm³/mol. The van der Waals surface area contributed by atoms with Gasteiger partial charge in [0.05, 0.1) is 17.3 Å². The molecule has 1 fully saturated rings. The second kappa shape index (κ2) is 6.51. The minimum absolute atomic E-state index is 0.126. The zero-order chi connectivity index (χ0) is 18.4. The van der Waals surface area contributed by atoms with Gasteiger partial charge in [-0.1, -0.05) is 0 Å². The molecule has 0 radical (unpaired) electrons. The Labute approximate surface area is 147 Å². The lowest BCUT2D eigenvalue weighted by atomic mass is 9.94. The van der Waals surface area contributed by atoms with Crippen LogP contribution in [-0.4, -0.2) is 62.7 Å². The van der Waals surface area contributed by atoms with Crippen LogP contribution in [0.3, 0.4) is 0 Å². The zero-order valence-electron chi connectivity index (χ0n) is 13.9. The average molecular weight is 390 g/mol. The number of hydrogen-bond acceptors (Lipinski definition) is 6. The maximum Gasteiger partial charge on any atom is 0.294 e. The highest BCUT2D eigenvalue weighted by molar-refractivity contribution is 7.88. The molecule has 10 heteroatoms. The summed E-state index contributed by atoms with van der Waals surface area (Å²) in [6.07, 6.45) is 2.21. The molecule has 2 N–H and O–H groups in total. The van der Waals surface area contributed by atoms with Crippen LogP contribution in [-0.2, 0) is 20.1 Å². The van der Waals surface area contributed by atoms with E-state index in [-0.39, 0.29) is 10.9 Å². The van der Waals surface area contributed by atoms with Crippen molar-refractivity contribution < 1.29 is 26.5 Å². The topological polar surface area (TPSA) is 115 Å². The third-order valence-corrected chi connectivity index (χ3v) is 7.09. The number of sulfonamides is 1. The Morgan fingerprint density at radius 3 is 2.24 bits per heavy atom. The third kappa shape index (κ3) is 3.82. The first kappa shape index (κ1) is 18.6. The third-order valence-electron chi connectivity index (χ3n) is 4.94. The average Bonchev–Trinajstić information content (AvgIpc) is 2.53. The number of nitrogens with zero attached hydrogens (tertiary/aromatic N) is 2. The molecule has 0 spiro atoms. The number of aliphatic hydroxyl groups excluding tert-OH is 1. The summed E-state index contributed by atoms with van der Waals surface area (Å²) in [5.74, 6) is 0. The number of benzene rings is 1. The molecule has 1 saturated heterocycles. The molecule has 0 amide bonds. The molecular weight excluding hydrogens is 368 g/mol. The number of hydrogen-bond donors (Lipinski definition) is 2. The minimum atomic E-state index is -4.33. The summed E-state index contributed by atoms with van der Waals surface area (Å²) >= 11 is 0. The van der Waals surface area contributed by atoms with Crippen molar-refractivity contribution in [2.24, 2.45) is 0 Å². The molecule has 0 bridgehead atoms. The van der Waals surface area contributed by atoms with Gasteiger partial charge in [-0.3, -0.25) is 4.55 Å². The normalized spacial score (nSPS) is 23.5. The van der Waals surface area contributed by atoms with Crippen molar-refractivity contribution in [2.45, 2.75) is 36.3 Å². The van der Waals surface area contributed by atoms with E-state index in [0.29, 0.717) is 44.5 Å². The summed E-state index contributed by atoms with van der Waals surface area (Å²) in [4.78, 5) is 1.87. The van der Waals surface area contributed by atoms with Crippen molar-refractivity contribution >= 4 is 25.8 Å². The smallest absolute Gasteiger partial charge is 0.294 e. The Morgan fingerprint density at radius 1 is 1.04 bits per heavy atom. The summed E-state index contributed by atoms with van der Waals surface area (Å²) in [5, 5.41) is 10.2. The lowest BCUT2D eigenvalue weighted by molar-refractivity contribution is 0.160. The molecular formula is C15H22N2O6S2. The SMILES string of the molecule is CS(=O)(=O)N1CCC(N2CCC(O)c3cc(S(=O)(=O)O)ccc32)CC1. The fourth-order valence-corrected chi connectivity index (χ4v) is 5.01. The number of anilines is 1. The standard InChI is InChI=1S/C15H22N2O6S2/c1-24(19,20)16-7-4-11(5-8-16)17-9-6-15(18)13-10-12(25(21,22)23)2-3-14(13)17/h2-3,10-11,15,18H,4-9H2,1H3,(H,21,22,23). The van der Waals surface area contributed by atoms with Crippen LogP contribution in [0.5, 0.6) is 0 Å². The van der Waals surface area contributed by atoms with Crippen LogP contribution in [0, 0.1) is 0 Å². The molecule has 1 aromatic rings. The van der Waals surface area contributed by atoms with Crippen LogP contribution in [0.2, 0.25) is 0 Å². The Hall–Kier alpha value is -1.20. The fraction of sp³-hybridized carbons (Fsp3) is 0.600. The van der Waals surface area contributed by atoms with Crippen LogP contribution in [0.15, 0.2) is 23.1 Å². The molecule has 0 saturated carbocycles. The van der Waals surface area contributed by atoms with Crippen molar-refractivity contribution in [3.05, 3.63) is 23.8 Å². The predicted octanol–water partition coefficient (Wildman–Crippen LogP) is 0.601. The van der Waals surface area contributed by atoms with Crippen molar-refractivity contribution in [3.63, 3.8) is 0 Å². The van der Waals surface area contributed by atoms with E-state index >= 15 is 0 Å². The highest BCUT2D eigenvalue weighted by atomic mass is 32.2. The summed E-state index contributed by atoms with van der Waals surface area (Å²) in [6.45, 7) is 1.50. The van der Waals surface area contributed by atoms with E-state index in [0.717, 1.165) is 5.69 Å². The van der Waals surface area contributed by atoms with Gasteiger partial charge in [0.2, 0.25) is 10.0 Å². The van der Waals surface area contributed by atoms with E-state index in [2.05, 4.69) is 4.90 Å². The number of aliphatic hydroxyl groups is 1. The zero-order valence-corrected chi connectivity index (χ0v) is 15.5. The van der Waals surface area contributed by atoms with Crippen LogP contribution >= 0.6 is 0 Å². The Kier molecular flexibility index (Phi) is 4.84. The first-order chi connectivity index (χ1) is 11.6. The van der Waals surface area contributed by atoms with E-state index < -0.39 is 26.2 Å². The highest BCUT2D eigenvalue weighted by Crippen LogP contribution is 2.38. The van der Waals surface area contributed by atoms with Gasteiger partial charge in [0.1, 0.15) is 0 Å². The lowest BCUT2D eigenvalue weighted by Crippen LogP contribution is -2.48. The van der Waals surface area contributed by atoms with Gasteiger partial charge in [-0.25, -0.2) is 12.7 Å². The summed E-state index contributed by atoms with van der Waals surface area (Å²) in [7, 11) is -7.52. The van der Waals surface area contributed by atoms with E-state index in [1.54, 1.807) is 6.07 Å². The Balaban J connectivity index is 1.86. The van der Waals surface area contributed by atoms with Gasteiger partial charge < -0.3 is 10.0 Å². The fourth-order valence-electron chi connectivity index (χ4n) is 3.62. The molecule has 0 aromatic heterocycles. The second-order valence-electron chi connectivity index (χ2n) is 6.59. The van der Waals surface area contributed by atoms with Gasteiger partial charge in [0.15, 0.2) is 0 Å². The largest absolute Gasteiger partial charge is 0.388 e. The molecule has 25 heavy (non-hydrogen) atoms. The van der Waals surface area contributed by atoms with E-state index in [1.165, 1.54) is 22.7 Å². The lowest BCUT2D eigenvalue weighted by Gasteiger charge is -2.43. The molecule has 1 atom stereocenters. The maximum atomic E-state index is 11.6. The van der Waals surface area contributed by atoms with Crippen LogP contribution in [0.25, 0.3) is 0 Å². The van der Waals surface area contributed by atoms with Crippen LogP contribution < -0.4 is 4.90 Å². The molecule has 3 rings (SSSR count). The second-order valence-corrected chi connectivity index (χ2v) is 9.99. The first-order valence-electron chi connectivity index (χ1n) is 8.08. The van der Waals surface area contributed by atoms with Crippen molar-refractivity contribution in [2.75, 3.05) is 30.8 Å². The van der Waals surface area contributed by atoms with Gasteiger partial charge in [-0.2, -0.15) is 8.42 Å². The molecule has 1 aromatic carbocycles. The quantitative estimate of drug-likeness (QED) is 0.726. The highest BCUT2D eigenvalue weighted by Gasteiger charge is 2.33. The monoisotopic (exact) mass is 390 g/mol. The van der Waals surface area contributed by atoms with Gasteiger partial charge in [-0.15, -0.1) is 0 Å². The van der Waals surface area contributed by atoms with Crippen LogP contribution in [0.1, 0.15) is 30.9 Å². The minimum Gasteiger partial charge on any atom is -0.388 e.